The van der Waals surface area contributed by atoms with E-state index in [1.807, 2.05) is 23.2 Å². The summed E-state index contributed by atoms with van der Waals surface area (Å²) >= 11 is 0. The van der Waals surface area contributed by atoms with Crippen molar-refractivity contribution >= 4 is 0 Å². The van der Waals surface area contributed by atoms with Crippen molar-refractivity contribution in [1.82, 2.24) is 0 Å². The number of rotatable bonds is 1. The first-order valence-corrected chi connectivity index (χ1v) is 8.37. The number of pyridine rings is 2. The third-order valence-corrected chi connectivity index (χ3v) is 2.29. The summed E-state index contributed by atoms with van der Waals surface area (Å²) in [6.07, 6.45) is 8.23. The minimum Gasteiger partial charge on any atom is -0.222 e. The Morgan fingerprint density at radius 1 is 0.542 bits per heavy atom. The Morgan fingerprint density at radius 2 is 0.708 bits per heavy atom. The number of hydrogen-bond acceptors (Lipinski definition) is 8. The lowest BCUT2D eigenvalue weighted by Gasteiger charge is -2.17. The van der Waals surface area contributed by atoms with Gasteiger partial charge in [0.2, 0.25) is 0 Å². The fourth-order valence-electron chi connectivity index (χ4n) is 1.39. The molecule has 0 saturated carbocycles. The van der Waals surface area contributed by atoms with Crippen LogP contribution in [0.3, 0.4) is 0 Å². The molecule has 0 radical (unpaired) electrons. The van der Waals surface area contributed by atoms with Crippen molar-refractivity contribution in [3.05, 3.63) is 49.1 Å². The van der Waals surface area contributed by atoms with E-state index in [1.54, 1.807) is 0 Å². The average molecular weight is 385 g/mol. The van der Waals surface area contributed by atoms with E-state index < -0.39 is 20.5 Å². The molecule has 0 bridgehead atoms. The van der Waals surface area contributed by atoms with E-state index in [0.717, 1.165) is 0 Å². The maximum atomic E-state index is 8.49. The molecule has 0 aliphatic carbocycles. The summed E-state index contributed by atoms with van der Waals surface area (Å²) in [6.45, 7) is 0. The van der Waals surface area contributed by atoms with Gasteiger partial charge in [0.25, 0.3) is 0 Å². The molecule has 2 aromatic heterocycles. The third kappa shape index (κ3) is 15.5. The fraction of sp³-hybridized carbons (Fsp3) is 0.167. The Kier molecular flexibility index (Phi) is 9.17. The minimum absolute atomic E-state index is 1.25. The SMILES string of the molecule is C[n+]1ccc(-c2cc[n+](C)cc2)cc1.[O-][Cl+3]([O-])([O-])[O-].[O-][Cl+3]([O-])([O-])[O-]. The molecule has 2 heterocycles. The standard InChI is InChI=1S/C12H14N2.2ClHO4/c1-13-7-3-11(4-8-13)12-5-9-14(2)10-6-12;2*2-1(3,4)5/h3-10H,1-2H3;2*(H,2,3,4,5)/q+2;;/p-2. The van der Waals surface area contributed by atoms with E-state index >= 15 is 0 Å². The van der Waals surface area contributed by atoms with E-state index in [0.29, 0.717) is 0 Å². The van der Waals surface area contributed by atoms with Crippen LogP contribution < -0.4 is 46.4 Å². The van der Waals surface area contributed by atoms with Crippen molar-refractivity contribution in [3.8, 4) is 11.1 Å². The van der Waals surface area contributed by atoms with Crippen LogP contribution in [0.25, 0.3) is 11.1 Å². The maximum Gasteiger partial charge on any atom is 0.169 e. The van der Waals surface area contributed by atoms with Crippen molar-refractivity contribution in [1.29, 1.82) is 0 Å². The summed E-state index contributed by atoms with van der Waals surface area (Å²) in [5, 5.41) is 0. The predicted octanol–water partition coefficient (Wildman–Crippen LogP) is -8.51. The van der Waals surface area contributed by atoms with Gasteiger partial charge in [0.15, 0.2) is 24.8 Å². The van der Waals surface area contributed by atoms with E-state index in [1.165, 1.54) is 11.1 Å². The lowest BCUT2D eigenvalue weighted by Crippen LogP contribution is -2.68. The van der Waals surface area contributed by atoms with Crippen LogP contribution in [-0.2, 0) is 14.1 Å². The molecule has 10 nitrogen and oxygen atoms in total. The van der Waals surface area contributed by atoms with Crippen molar-refractivity contribution in [2.75, 3.05) is 0 Å². The molecule has 0 saturated heterocycles. The summed E-state index contributed by atoms with van der Waals surface area (Å²) in [5.74, 6) is 0. The molecular weight excluding hydrogens is 371 g/mol. The molecule has 2 aromatic rings. The molecule has 24 heavy (non-hydrogen) atoms. The number of hydrogen-bond donors (Lipinski definition) is 0. The third-order valence-electron chi connectivity index (χ3n) is 2.29. The van der Waals surface area contributed by atoms with Gasteiger partial charge in [0.1, 0.15) is 14.1 Å². The second-order valence-electron chi connectivity index (χ2n) is 4.26. The summed E-state index contributed by atoms with van der Waals surface area (Å²) in [5.41, 5.74) is 2.51. The van der Waals surface area contributed by atoms with Gasteiger partial charge in [0.05, 0.1) is 0 Å². The molecule has 0 spiro atoms. The molecule has 12 heteroatoms. The average Bonchev–Trinajstić information content (AvgIpc) is 2.37. The largest absolute Gasteiger partial charge is 0.222 e. The van der Waals surface area contributed by atoms with Crippen LogP contribution in [0, 0.1) is 20.5 Å². The monoisotopic (exact) mass is 384 g/mol. The molecular formula is C12H14Cl2N2O8. The molecule has 134 valence electrons. The zero-order chi connectivity index (χ0) is 19.0. The second-order valence-corrected chi connectivity index (χ2v) is 5.77. The Bertz CT molecular complexity index is 529. The maximum absolute atomic E-state index is 8.49. The van der Waals surface area contributed by atoms with Gasteiger partial charge in [-0.1, -0.05) is 0 Å². The Labute approximate surface area is 141 Å². The number of aromatic nitrogens is 2. The second kappa shape index (κ2) is 9.76. The van der Waals surface area contributed by atoms with Crippen molar-refractivity contribution in [2.24, 2.45) is 14.1 Å². The quantitative estimate of drug-likeness (QED) is 0.432. The lowest BCUT2D eigenvalue weighted by molar-refractivity contribution is -2.00. The molecule has 2 rings (SSSR count). The van der Waals surface area contributed by atoms with Gasteiger partial charge in [-0.05, 0) is 11.1 Å². The van der Waals surface area contributed by atoms with E-state index in [-0.39, 0.29) is 0 Å². The molecule has 0 unspecified atom stereocenters. The molecule has 0 amide bonds. The molecule has 0 fully saturated rings. The summed E-state index contributed by atoms with van der Waals surface area (Å²) in [4.78, 5) is 0. The zero-order valence-corrected chi connectivity index (χ0v) is 14.0. The molecule has 0 aromatic carbocycles. The number of halogens is 2. The van der Waals surface area contributed by atoms with Crippen molar-refractivity contribution in [3.63, 3.8) is 0 Å². The van der Waals surface area contributed by atoms with Crippen LogP contribution in [0.4, 0.5) is 0 Å². The van der Waals surface area contributed by atoms with E-state index in [9.17, 15) is 0 Å². The Hall–Kier alpha value is -1.44. The van der Waals surface area contributed by atoms with Crippen molar-refractivity contribution in [2.45, 2.75) is 0 Å². The summed E-state index contributed by atoms with van der Waals surface area (Å²) in [6, 6.07) is 8.48. The van der Waals surface area contributed by atoms with E-state index in [2.05, 4.69) is 49.1 Å². The lowest BCUT2D eigenvalue weighted by atomic mass is 10.1. The van der Waals surface area contributed by atoms with Gasteiger partial charge >= 0.3 is 0 Å². The van der Waals surface area contributed by atoms with Gasteiger partial charge in [-0.2, -0.15) is 0 Å². The topological polar surface area (TPSA) is 192 Å². The smallest absolute Gasteiger partial charge is 0.169 e. The predicted molar refractivity (Wildman–Crippen MR) is 54.2 cm³/mol. The highest BCUT2D eigenvalue weighted by Crippen LogP contribution is 2.14. The van der Waals surface area contributed by atoms with Gasteiger partial charge in [-0.15, -0.1) is 20.5 Å². The normalized spacial score (nSPS) is 10.9. The first-order chi connectivity index (χ1) is 10.8. The van der Waals surface area contributed by atoms with Gasteiger partial charge in [0, 0.05) is 24.3 Å². The van der Waals surface area contributed by atoms with Crippen LogP contribution in [0.1, 0.15) is 0 Å². The Morgan fingerprint density at radius 3 is 0.875 bits per heavy atom. The number of aryl methyl sites for hydroxylation is 2. The Balaban J connectivity index is 0.000000442. The first-order valence-electron chi connectivity index (χ1n) is 5.90. The highest BCUT2D eigenvalue weighted by atomic mass is 35.7. The van der Waals surface area contributed by atoms with Crippen LogP contribution in [0.2, 0.25) is 0 Å². The highest BCUT2D eigenvalue weighted by molar-refractivity contribution is 5.60. The fourth-order valence-corrected chi connectivity index (χ4v) is 1.39. The van der Waals surface area contributed by atoms with Gasteiger partial charge < -0.3 is 0 Å². The highest BCUT2D eigenvalue weighted by Gasteiger charge is 2.00. The van der Waals surface area contributed by atoms with Crippen LogP contribution in [-0.4, -0.2) is 0 Å². The van der Waals surface area contributed by atoms with Gasteiger partial charge in [-0.3, -0.25) is 0 Å². The van der Waals surface area contributed by atoms with Crippen LogP contribution in [0.15, 0.2) is 49.1 Å². The molecule has 0 aliphatic heterocycles. The minimum atomic E-state index is -4.94. The zero-order valence-electron chi connectivity index (χ0n) is 12.5. The number of nitrogens with zero attached hydrogens (tertiary/aromatic N) is 2. The molecule has 0 N–H and O–H groups in total. The summed E-state index contributed by atoms with van der Waals surface area (Å²) in [7, 11) is -5.84. The summed E-state index contributed by atoms with van der Waals surface area (Å²) < 4.78 is 72.0. The van der Waals surface area contributed by atoms with Crippen LogP contribution in [0.5, 0.6) is 0 Å². The van der Waals surface area contributed by atoms with Crippen LogP contribution >= 0.6 is 0 Å². The molecule has 0 aliphatic rings. The molecule has 0 atom stereocenters. The first kappa shape index (κ1) is 22.6. The van der Waals surface area contributed by atoms with Gasteiger partial charge in [-0.25, -0.2) is 46.4 Å². The van der Waals surface area contributed by atoms with Crippen molar-refractivity contribution < 1.29 is 66.9 Å². The van der Waals surface area contributed by atoms with E-state index in [4.69, 9.17) is 37.3 Å².